The first-order valence-corrected chi connectivity index (χ1v) is 9.26. The molecular formula is C15H26BrIN4S. The van der Waals surface area contributed by atoms with Gasteiger partial charge < -0.3 is 15.5 Å². The van der Waals surface area contributed by atoms with Crippen LogP contribution in [-0.4, -0.2) is 43.6 Å². The van der Waals surface area contributed by atoms with Crippen LogP contribution in [0.2, 0.25) is 0 Å². The summed E-state index contributed by atoms with van der Waals surface area (Å²) in [5.74, 6) is 0.911. The molecule has 1 aliphatic heterocycles. The van der Waals surface area contributed by atoms with Crippen molar-refractivity contribution in [2.75, 3.05) is 26.7 Å². The number of piperidine rings is 1. The summed E-state index contributed by atoms with van der Waals surface area (Å²) in [6.45, 7) is 6.69. The number of nitrogens with one attached hydrogen (secondary N) is 2. The number of halogens is 2. The average Bonchev–Trinajstić information content (AvgIpc) is 2.91. The van der Waals surface area contributed by atoms with E-state index in [2.05, 4.69) is 55.5 Å². The van der Waals surface area contributed by atoms with Crippen molar-refractivity contribution in [3.8, 4) is 0 Å². The molecule has 1 aromatic rings. The smallest absolute Gasteiger partial charge is 0.191 e. The summed E-state index contributed by atoms with van der Waals surface area (Å²) in [5.41, 5.74) is 0. The van der Waals surface area contributed by atoms with Crippen LogP contribution in [0.15, 0.2) is 20.9 Å². The van der Waals surface area contributed by atoms with E-state index in [0.717, 1.165) is 12.5 Å². The molecule has 1 aliphatic rings. The van der Waals surface area contributed by atoms with E-state index in [1.165, 1.54) is 47.6 Å². The Labute approximate surface area is 163 Å². The zero-order valence-corrected chi connectivity index (χ0v) is 18.0. The van der Waals surface area contributed by atoms with Crippen LogP contribution in [0.25, 0.3) is 0 Å². The van der Waals surface area contributed by atoms with Gasteiger partial charge in [-0.25, -0.2) is 0 Å². The van der Waals surface area contributed by atoms with E-state index in [1.807, 2.05) is 7.05 Å². The van der Waals surface area contributed by atoms with Gasteiger partial charge in [-0.3, -0.25) is 4.99 Å². The van der Waals surface area contributed by atoms with Gasteiger partial charge in [-0.05, 0) is 53.9 Å². The molecular weight excluding hydrogens is 475 g/mol. The van der Waals surface area contributed by atoms with Crippen LogP contribution >= 0.6 is 51.2 Å². The lowest BCUT2D eigenvalue weighted by Gasteiger charge is -2.32. The third kappa shape index (κ3) is 6.72. The quantitative estimate of drug-likeness (QED) is 0.368. The SMILES string of the molecule is CCCN1CCC(NC(=NC)NCc2ccc(Br)s2)CC1.I. The van der Waals surface area contributed by atoms with Gasteiger partial charge in [0.15, 0.2) is 5.96 Å². The van der Waals surface area contributed by atoms with E-state index < -0.39 is 0 Å². The minimum absolute atomic E-state index is 0. The van der Waals surface area contributed by atoms with Crippen LogP contribution in [0, 0.1) is 0 Å². The summed E-state index contributed by atoms with van der Waals surface area (Å²) in [5, 5.41) is 6.95. The lowest BCUT2D eigenvalue weighted by atomic mass is 10.1. The fourth-order valence-corrected chi connectivity index (χ4v) is 4.05. The molecule has 22 heavy (non-hydrogen) atoms. The highest BCUT2D eigenvalue weighted by atomic mass is 127. The van der Waals surface area contributed by atoms with Gasteiger partial charge in [0.25, 0.3) is 0 Å². The molecule has 0 aromatic carbocycles. The minimum Gasteiger partial charge on any atom is -0.354 e. The molecule has 1 saturated heterocycles. The first-order valence-electron chi connectivity index (χ1n) is 7.65. The third-order valence-corrected chi connectivity index (χ3v) is 5.37. The molecule has 0 bridgehead atoms. The fraction of sp³-hybridized carbons (Fsp3) is 0.667. The number of hydrogen-bond acceptors (Lipinski definition) is 3. The van der Waals surface area contributed by atoms with E-state index in [4.69, 9.17) is 0 Å². The molecule has 0 atom stereocenters. The summed E-state index contributed by atoms with van der Waals surface area (Å²) in [6, 6.07) is 4.76. The van der Waals surface area contributed by atoms with Gasteiger partial charge in [0.1, 0.15) is 0 Å². The van der Waals surface area contributed by atoms with Gasteiger partial charge in [-0.1, -0.05) is 6.92 Å². The van der Waals surface area contributed by atoms with Gasteiger partial charge in [0.2, 0.25) is 0 Å². The number of hydrogen-bond donors (Lipinski definition) is 2. The van der Waals surface area contributed by atoms with Crippen molar-refractivity contribution in [1.29, 1.82) is 0 Å². The zero-order chi connectivity index (χ0) is 15.1. The highest BCUT2D eigenvalue weighted by molar-refractivity contribution is 14.0. The van der Waals surface area contributed by atoms with Crippen LogP contribution in [-0.2, 0) is 6.54 Å². The highest BCUT2D eigenvalue weighted by Gasteiger charge is 2.19. The zero-order valence-electron chi connectivity index (χ0n) is 13.3. The van der Waals surface area contributed by atoms with E-state index in [1.54, 1.807) is 11.3 Å². The Morgan fingerprint density at radius 2 is 2.14 bits per heavy atom. The second-order valence-electron chi connectivity index (χ2n) is 5.39. The Morgan fingerprint density at radius 1 is 1.41 bits per heavy atom. The molecule has 0 amide bonds. The minimum atomic E-state index is 0. The predicted octanol–water partition coefficient (Wildman–Crippen LogP) is 3.67. The monoisotopic (exact) mass is 500 g/mol. The summed E-state index contributed by atoms with van der Waals surface area (Å²) >= 11 is 5.25. The van der Waals surface area contributed by atoms with Crippen molar-refractivity contribution in [3.63, 3.8) is 0 Å². The van der Waals surface area contributed by atoms with Crippen molar-refractivity contribution in [2.24, 2.45) is 4.99 Å². The molecule has 0 aliphatic carbocycles. The van der Waals surface area contributed by atoms with E-state index in [0.29, 0.717) is 6.04 Å². The van der Waals surface area contributed by atoms with Crippen molar-refractivity contribution >= 4 is 57.2 Å². The number of likely N-dealkylation sites (tertiary alicyclic amines) is 1. The Hall–Kier alpha value is 0.140. The topological polar surface area (TPSA) is 39.7 Å². The highest BCUT2D eigenvalue weighted by Crippen LogP contribution is 2.21. The number of thiophene rings is 1. The van der Waals surface area contributed by atoms with Gasteiger partial charge >= 0.3 is 0 Å². The lowest BCUT2D eigenvalue weighted by Crippen LogP contribution is -2.48. The summed E-state index contributed by atoms with van der Waals surface area (Å²) in [4.78, 5) is 8.19. The normalized spacial score (nSPS) is 17.1. The maximum Gasteiger partial charge on any atom is 0.191 e. The number of guanidine groups is 1. The number of nitrogens with zero attached hydrogens (tertiary/aromatic N) is 2. The molecule has 0 unspecified atom stereocenters. The van der Waals surface area contributed by atoms with E-state index in [-0.39, 0.29) is 24.0 Å². The van der Waals surface area contributed by atoms with Gasteiger partial charge in [0.05, 0.1) is 10.3 Å². The van der Waals surface area contributed by atoms with Crippen LogP contribution in [0.1, 0.15) is 31.1 Å². The Kier molecular flexibility index (Phi) is 9.94. The second-order valence-corrected chi connectivity index (χ2v) is 7.94. The molecule has 0 spiro atoms. The van der Waals surface area contributed by atoms with Crippen molar-refractivity contribution < 1.29 is 0 Å². The first kappa shape index (κ1) is 20.2. The summed E-state index contributed by atoms with van der Waals surface area (Å²) in [7, 11) is 1.84. The molecule has 2 N–H and O–H groups in total. The third-order valence-electron chi connectivity index (χ3n) is 3.75. The van der Waals surface area contributed by atoms with Crippen LogP contribution in [0.5, 0.6) is 0 Å². The summed E-state index contributed by atoms with van der Waals surface area (Å²) < 4.78 is 1.17. The Morgan fingerprint density at radius 3 is 2.68 bits per heavy atom. The Bertz CT molecular complexity index is 458. The van der Waals surface area contributed by atoms with Gasteiger partial charge in [-0.15, -0.1) is 35.3 Å². The molecule has 126 valence electrons. The maximum atomic E-state index is 4.33. The van der Waals surface area contributed by atoms with Crippen molar-refractivity contribution in [2.45, 2.75) is 38.8 Å². The fourth-order valence-electron chi connectivity index (χ4n) is 2.62. The van der Waals surface area contributed by atoms with E-state index in [9.17, 15) is 0 Å². The molecule has 2 heterocycles. The van der Waals surface area contributed by atoms with Crippen LogP contribution < -0.4 is 10.6 Å². The number of aliphatic imine (C=N–C) groups is 1. The largest absolute Gasteiger partial charge is 0.354 e. The second kappa shape index (κ2) is 10.8. The average molecular weight is 501 g/mol. The molecule has 4 nitrogen and oxygen atoms in total. The van der Waals surface area contributed by atoms with Crippen molar-refractivity contribution in [1.82, 2.24) is 15.5 Å². The molecule has 0 saturated carbocycles. The van der Waals surface area contributed by atoms with Crippen LogP contribution in [0.4, 0.5) is 0 Å². The molecule has 7 heteroatoms. The van der Waals surface area contributed by atoms with Gasteiger partial charge in [-0.2, -0.15) is 0 Å². The predicted molar refractivity (Wildman–Crippen MR) is 111 cm³/mol. The van der Waals surface area contributed by atoms with Gasteiger partial charge in [0, 0.05) is 31.1 Å². The lowest BCUT2D eigenvalue weighted by molar-refractivity contribution is 0.206. The molecule has 0 radical (unpaired) electrons. The van der Waals surface area contributed by atoms with E-state index >= 15 is 0 Å². The van der Waals surface area contributed by atoms with Crippen molar-refractivity contribution in [3.05, 3.63) is 20.8 Å². The first-order chi connectivity index (χ1) is 10.2. The standard InChI is InChI=1S/C15H25BrN4S.HI/c1-3-8-20-9-6-12(7-10-20)19-15(17-2)18-11-13-4-5-14(16)21-13;/h4-5,12H,3,6-11H2,1-2H3,(H2,17,18,19);1H. The Balaban J connectivity index is 0.00000242. The molecule has 2 rings (SSSR count). The van der Waals surface area contributed by atoms with Crippen LogP contribution in [0.3, 0.4) is 0 Å². The molecule has 1 aromatic heterocycles. The number of rotatable bonds is 5. The maximum absolute atomic E-state index is 4.33. The summed E-state index contributed by atoms with van der Waals surface area (Å²) in [6.07, 6.45) is 3.65. The molecule has 1 fully saturated rings.